The number of rotatable bonds is 10. The van der Waals surface area contributed by atoms with Crippen molar-refractivity contribution in [2.45, 2.75) is 10.6 Å². The average molecular weight is 412 g/mol. The fourth-order valence-corrected chi connectivity index (χ4v) is 4.19. The van der Waals surface area contributed by atoms with Crippen LogP contribution in [0, 0.1) is 0 Å². The minimum absolute atomic E-state index is 0.304. The number of methoxy groups -OCH3 is 1. The minimum Gasteiger partial charge on any atom is -0.496 e. The molecular weight excluding hydrogens is 390 g/mol. The van der Waals surface area contributed by atoms with Gasteiger partial charge in [0.05, 0.1) is 7.11 Å². The monoisotopic (exact) mass is 411 g/mol. The normalized spacial score (nSPS) is 10.4. The molecule has 2 rings (SSSR count). The van der Waals surface area contributed by atoms with E-state index < -0.39 is 5.97 Å². The third-order valence-electron chi connectivity index (χ3n) is 3.36. The van der Waals surface area contributed by atoms with Crippen LogP contribution in [0.3, 0.4) is 0 Å². The van der Waals surface area contributed by atoms with Gasteiger partial charge in [-0.3, -0.25) is 4.79 Å². The van der Waals surface area contributed by atoms with E-state index in [1.807, 2.05) is 18.4 Å². The number of thiophene rings is 1. The van der Waals surface area contributed by atoms with Gasteiger partial charge in [-0.25, -0.2) is 4.79 Å². The molecule has 0 saturated carbocycles. The first-order valence-corrected chi connectivity index (χ1v) is 11.2. The van der Waals surface area contributed by atoms with Crippen LogP contribution in [0.1, 0.15) is 15.2 Å². The molecule has 5 nitrogen and oxygen atoms in total. The summed E-state index contributed by atoms with van der Waals surface area (Å²) in [5.74, 6) is 1.30. The fraction of sp³-hybridized carbons (Fsp3) is 0.333. The number of hydrogen-bond acceptors (Lipinski definition) is 7. The van der Waals surface area contributed by atoms with Gasteiger partial charge >= 0.3 is 5.97 Å². The lowest BCUT2D eigenvalue weighted by atomic mass is 10.2. The topological polar surface area (TPSA) is 64.6 Å². The first-order chi connectivity index (χ1) is 12.6. The zero-order chi connectivity index (χ0) is 18.8. The number of benzene rings is 1. The molecule has 0 saturated heterocycles. The summed E-state index contributed by atoms with van der Waals surface area (Å²) in [6.07, 6.45) is 1.94. The van der Waals surface area contributed by atoms with Crippen molar-refractivity contribution in [3.05, 3.63) is 46.2 Å². The molecule has 1 N–H and O–H groups in total. The standard InChI is InChI=1S/C18H21NO4S3/c1-22-16-10-13(24-2)5-6-15(16)18(21)23-11-17(20)19-7-9-25-12-14-4-3-8-26-14/h3-6,8,10H,7,9,11-12H2,1-2H3,(H,19,20). The Hall–Kier alpha value is -1.64. The van der Waals surface area contributed by atoms with E-state index in [1.54, 1.807) is 47.0 Å². The zero-order valence-corrected chi connectivity index (χ0v) is 17.1. The van der Waals surface area contributed by atoms with Crippen molar-refractivity contribution >= 4 is 46.7 Å². The van der Waals surface area contributed by atoms with E-state index in [2.05, 4.69) is 16.8 Å². The highest BCUT2D eigenvalue weighted by atomic mass is 32.2. The lowest BCUT2D eigenvalue weighted by Crippen LogP contribution is -2.30. The summed E-state index contributed by atoms with van der Waals surface area (Å²) in [4.78, 5) is 26.2. The summed E-state index contributed by atoms with van der Waals surface area (Å²) in [6, 6.07) is 9.35. The molecule has 1 heterocycles. The van der Waals surface area contributed by atoms with E-state index in [4.69, 9.17) is 9.47 Å². The smallest absolute Gasteiger partial charge is 0.342 e. The Bertz CT molecular complexity index is 719. The van der Waals surface area contributed by atoms with Gasteiger partial charge in [0.25, 0.3) is 5.91 Å². The van der Waals surface area contributed by atoms with Gasteiger partial charge in [-0.2, -0.15) is 11.8 Å². The number of ether oxygens (including phenoxy) is 2. The predicted octanol–water partition coefficient (Wildman–Crippen LogP) is 3.69. The first-order valence-electron chi connectivity index (χ1n) is 7.90. The molecule has 26 heavy (non-hydrogen) atoms. The second kappa shape index (κ2) is 11.2. The molecule has 1 aromatic carbocycles. The van der Waals surface area contributed by atoms with Crippen LogP contribution < -0.4 is 10.1 Å². The SMILES string of the molecule is COc1cc(SC)ccc1C(=O)OCC(=O)NCCSCc1cccs1. The third kappa shape index (κ3) is 6.59. The van der Waals surface area contributed by atoms with Crippen molar-refractivity contribution in [1.82, 2.24) is 5.32 Å². The van der Waals surface area contributed by atoms with Crippen LogP contribution in [0.4, 0.5) is 0 Å². The number of carbonyl (C=O) groups excluding carboxylic acids is 2. The molecule has 1 amide bonds. The highest BCUT2D eigenvalue weighted by Crippen LogP contribution is 2.25. The van der Waals surface area contributed by atoms with Gasteiger partial charge in [0.2, 0.25) is 0 Å². The quantitative estimate of drug-likeness (QED) is 0.365. The number of thioether (sulfide) groups is 2. The Balaban J connectivity index is 1.69. The molecule has 0 unspecified atom stereocenters. The molecular formula is C18H21NO4S3. The van der Waals surface area contributed by atoms with Crippen molar-refractivity contribution in [2.75, 3.05) is 32.3 Å². The fourth-order valence-electron chi connectivity index (χ4n) is 2.06. The average Bonchev–Trinajstić information content (AvgIpc) is 3.18. The van der Waals surface area contributed by atoms with Crippen LogP contribution in [-0.4, -0.2) is 44.1 Å². The predicted molar refractivity (Wildman–Crippen MR) is 109 cm³/mol. The second-order valence-corrected chi connectivity index (χ2v) is 8.14. The molecule has 0 spiro atoms. The van der Waals surface area contributed by atoms with Gasteiger partial charge in [0.1, 0.15) is 11.3 Å². The van der Waals surface area contributed by atoms with Crippen LogP contribution in [0.25, 0.3) is 0 Å². The van der Waals surface area contributed by atoms with Gasteiger partial charge in [-0.1, -0.05) is 6.07 Å². The summed E-state index contributed by atoms with van der Waals surface area (Å²) in [7, 11) is 1.50. The minimum atomic E-state index is -0.572. The van der Waals surface area contributed by atoms with Crippen LogP contribution >= 0.6 is 34.9 Å². The van der Waals surface area contributed by atoms with Crippen LogP contribution in [0.15, 0.2) is 40.6 Å². The highest BCUT2D eigenvalue weighted by molar-refractivity contribution is 7.98. The van der Waals surface area contributed by atoms with Gasteiger partial charge in [-0.05, 0) is 35.9 Å². The van der Waals surface area contributed by atoms with Crippen LogP contribution in [0.5, 0.6) is 5.75 Å². The summed E-state index contributed by atoms with van der Waals surface area (Å²) < 4.78 is 10.3. The van der Waals surface area contributed by atoms with E-state index in [0.29, 0.717) is 17.9 Å². The largest absolute Gasteiger partial charge is 0.496 e. The molecule has 140 valence electrons. The van der Waals surface area contributed by atoms with E-state index in [0.717, 1.165) is 16.4 Å². The maximum absolute atomic E-state index is 12.1. The van der Waals surface area contributed by atoms with Crippen molar-refractivity contribution in [2.24, 2.45) is 0 Å². The van der Waals surface area contributed by atoms with Crippen LogP contribution in [0.2, 0.25) is 0 Å². The lowest BCUT2D eigenvalue weighted by Gasteiger charge is -2.10. The molecule has 0 aliphatic rings. The van der Waals surface area contributed by atoms with Crippen LogP contribution in [-0.2, 0) is 15.3 Å². The first kappa shape index (κ1) is 20.7. The van der Waals surface area contributed by atoms with Crippen molar-refractivity contribution in [3.8, 4) is 5.75 Å². The summed E-state index contributed by atoms with van der Waals surface area (Å²) in [6.45, 7) is 0.236. The number of esters is 1. The second-order valence-electron chi connectivity index (χ2n) is 5.12. The number of amides is 1. The Morgan fingerprint density at radius 3 is 2.81 bits per heavy atom. The van der Waals surface area contributed by atoms with Crippen molar-refractivity contribution in [3.63, 3.8) is 0 Å². The number of nitrogens with one attached hydrogen (secondary N) is 1. The Kier molecular flexibility index (Phi) is 8.87. The summed E-state index contributed by atoms with van der Waals surface area (Å²) >= 11 is 5.03. The van der Waals surface area contributed by atoms with Gasteiger partial charge in [0, 0.05) is 27.8 Å². The molecule has 0 aliphatic heterocycles. The Labute approximate surface area is 165 Å². The Morgan fingerprint density at radius 2 is 2.12 bits per heavy atom. The molecule has 2 aromatic rings. The summed E-state index contributed by atoms with van der Waals surface area (Å²) in [5, 5.41) is 4.80. The van der Waals surface area contributed by atoms with Gasteiger partial charge in [0.15, 0.2) is 6.61 Å². The van der Waals surface area contributed by atoms with E-state index >= 15 is 0 Å². The lowest BCUT2D eigenvalue weighted by molar-refractivity contribution is -0.124. The number of carbonyl (C=O) groups is 2. The van der Waals surface area contributed by atoms with E-state index in [9.17, 15) is 9.59 Å². The molecule has 8 heteroatoms. The summed E-state index contributed by atoms with van der Waals surface area (Å²) in [5.41, 5.74) is 0.310. The van der Waals surface area contributed by atoms with Gasteiger partial charge in [-0.15, -0.1) is 23.1 Å². The Morgan fingerprint density at radius 1 is 1.27 bits per heavy atom. The van der Waals surface area contributed by atoms with Crippen molar-refractivity contribution < 1.29 is 19.1 Å². The van der Waals surface area contributed by atoms with Gasteiger partial charge < -0.3 is 14.8 Å². The molecule has 0 fully saturated rings. The zero-order valence-electron chi connectivity index (χ0n) is 14.7. The molecule has 1 aromatic heterocycles. The maximum Gasteiger partial charge on any atom is 0.342 e. The molecule has 0 atom stereocenters. The molecule has 0 bridgehead atoms. The highest BCUT2D eigenvalue weighted by Gasteiger charge is 2.15. The molecule has 0 radical (unpaired) electrons. The number of hydrogen-bond donors (Lipinski definition) is 1. The van der Waals surface area contributed by atoms with Crippen molar-refractivity contribution in [1.29, 1.82) is 0 Å². The van der Waals surface area contributed by atoms with E-state index in [1.165, 1.54) is 12.0 Å². The maximum atomic E-state index is 12.1. The third-order valence-corrected chi connectivity index (χ3v) is 6.15. The molecule has 0 aliphatic carbocycles. The van der Waals surface area contributed by atoms with E-state index in [-0.39, 0.29) is 12.5 Å².